The molecule has 0 saturated carbocycles. The number of anilines is 1. The number of hydrogen-bond acceptors (Lipinski definition) is 5. The molecule has 0 radical (unpaired) electrons. The zero-order valence-electron chi connectivity index (χ0n) is 11.6. The van der Waals surface area contributed by atoms with Crippen molar-refractivity contribution in [1.29, 1.82) is 0 Å². The van der Waals surface area contributed by atoms with Gasteiger partial charge in [0.2, 0.25) is 11.8 Å². The molecule has 2 heterocycles. The average Bonchev–Trinajstić information content (AvgIpc) is 2.73. The number of methoxy groups -OCH3 is 1. The molecule has 2 aromatic rings. The lowest BCUT2D eigenvalue weighted by molar-refractivity contribution is 0.398. The van der Waals surface area contributed by atoms with Gasteiger partial charge in [-0.15, -0.1) is 0 Å². The van der Waals surface area contributed by atoms with Crippen LogP contribution in [-0.4, -0.2) is 33.2 Å². The summed E-state index contributed by atoms with van der Waals surface area (Å²) in [6.45, 7) is 4.32. The summed E-state index contributed by atoms with van der Waals surface area (Å²) < 4.78 is 7.16. The molecule has 19 heavy (non-hydrogen) atoms. The molecule has 0 amide bonds. The normalized spacial score (nSPS) is 12.8. The summed E-state index contributed by atoms with van der Waals surface area (Å²) in [6, 6.07) is 3.97. The number of nitrogens with two attached hydrogens (primary N) is 1. The Bertz CT molecular complexity index is 555. The van der Waals surface area contributed by atoms with Crippen molar-refractivity contribution in [3.8, 4) is 5.88 Å². The van der Waals surface area contributed by atoms with Gasteiger partial charge in [-0.3, -0.25) is 4.57 Å². The van der Waals surface area contributed by atoms with E-state index in [2.05, 4.69) is 23.8 Å². The molecule has 0 fully saturated rings. The second kappa shape index (κ2) is 6.14. The molecule has 104 valence electrons. The van der Waals surface area contributed by atoms with E-state index in [1.165, 1.54) is 0 Å². The molecule has 0 bridgehead atoms. The summed E-state index contributed by atoms with van der Waals surface area (Å²) in [5.41, 5.74) is 7.62. The fourth-order valence-corrected chi connectivity index (χ4v) is 2.85. The first-order valence-electron chi connectivity index (χ1n) is 6.43. The van der Waals surface area contributed by atoms with Gasteiger partial charge in [-0.05, 0) is 30.9 Å². The molecule has 0 aliphatic heterocycles. The molecule has 0 aromatic carbocycles. The van der Waals surface area contributed by atoms with Crippen LogP contribution in [0.5, 0.6) is 5.88 Å². The molecule has 5 nitrogen and oxygen atoms in total. The molecule has 0 spiro atoms. The Morgan fingerprint density at radius 1 is 1.42 bits per heavy atom. The van der Waals surface area contributed by atoms with E-state index in [9.17, 15) is 0 Å². The van der Waals surface area contributed by atoms with Crippen LogP contribution in [0.2, 0.25) is 0 Å². The third-order valence-electron chi connectivity index (χ3n) is 3.07. The van der Waals surface area contributed by atoms with E-state index < -0.39 is 0 Å². The maximum atomic E-state index is 6.01. The van der Waals surface area contributed by atoms with Gasteiger partial charge >= 0.3 is 0 Å². The van der Waals surface area contributed by atoms with Gasteiger partial charge in [0, 0.05) is 12.1 Å². The summed E-state index contributed by atoms with van der Waals surface area (Å²) in [4.78, 5) is 8.81. The van der Waals surface area contributed by atoms with Crippen LogP contribution in [-0.2, 0) is 0 Å². The van der Waals surface area contributed by atoms with Gasteiger partial charge in [0.15, 0.2) is 5.65 Å². The lowest BCUT2D eigenvalue weighted by atomic mass is 10.2. The summed E-state index contributed by atoms with van der Waals surface area (Å²) in [5, 5.41) is 0. The van der Waals surface area contributed by atoms with Crippen LogP contribution in [0.15, 0.2) is 12.1 Å². The smallest absolute Gasteiger partial charge is 0.215 e. The number of hydrogen-bond donors (Lipinski definition) is 1. The van der Waals surface area contributed by atoms with E-state index >= 15 is 0 Å². The minimum Gasteiger partial charge on any atom is -0.481 e. The highest BCUT2D eigenvalue weighted by molar-refractivity contribution is 7.99. The van der Waals surface area contributed by atoms with Crippen molar-refractivity contribution in [2.24, 2.45) is 0 Å². The predicted molar refractivity (Wildman–Crippen MR) is 80.8 cm³/mol. The summed E-state index contributed by atoms with van der Waals surface area (Å²) >= 11 is 1.93. The van der Waals surface area contributed by atoms with Crippen molar-refractivity contribution < 1.29 is 4.74 Å². The molecule has 0 saturated heterocycles. The number of nitrogen functional groups attached to an aromatic ring is 1. The van der Waals surface area contributed by atoms with Gasteiger partial charge in [0.25, 0.3) is 0 Å². The standard InChI is InChI=1S/C13H20N4OS/c1-4-19-8-7-9(2)17-12-10(15-13(17)14)5-6-11(16-12)18-3/h5-6,9H,4,7-8H2,1-3H3,(H2,14,15). The van der Waals surface area contributed by atoms with E-state index in [1.54, 1.807) is 13.2 Å². The molecule has 0 aliphatic carbocycles. The Hall–Kier alpha value is -1.43. The van der Waals surface area contributed by atoms with E-state index in [-0.39, 0.29) is 6.04 Å². The SMILES string of the molecule is CCSCCC(C)n1c(N)nc2ccc(OC)nc21. The molecule has 1 unspecified atom stereocenters. The van der Waals surface area contributed by atoms with Gasteiger partial charge in [0.1, 0.15) is 5.52 Å². The van der Waals surface area contributed by atoms with E-state index in [4.69, 9.17) is 10.5 Å². The molecular formula is C13H20N4OS. The highest BCUT2D eigenvalue weighted by atomic mass is 32.2. The van der Waals surface area contributed by atoms with Gasteiger partial charge in [-0.25, -0.2) is 4.98 Å². The molecule has 2 rings (SSSR count). The molecular weight excluding hydrogens is 260 g/mol. The van der Waals surface area contributed by atoms with Crippen LogP contribution in [0, 0.1) is 0 Å². The lowest BCUT2D eigenvalue weighted by Crippen LogP contribution is -2.10. The average molecular weight is 280 g/mol. The first-order valence-corrected chi connectivity index (χ1v) is 7.59. The van der Waals surface area contributed by atoms with E-state index in [0.29, 0.717) is 11.8 Å². The molecule has 2 N–H and O–H groups in total. The predicted octanol–water partition coefficient (Wildman–Crippen LogP) is 2.73. The van der Waals surface area contributed by atoms with Crippen LogP contribution in [0.4, 0.5) is 5.95 Å². The van der Waals surface area contributed by atoms with Crippen molar-refractivity contribution >= 4 is 28.9 Å². The van der Waals surface area contributed by atoms with Crippen LogP contribution in [0.1, 0.15) is 26.3 Å². The fourth-order valence-electron chi connectivity index (χ4n) is 2.05. The number of fused-ring (bicyclic) bond motifs is 1. The Kier molecular flexibility index (Phi) is 4.52. The van der Waals surface area contributed by atoms with Crippen LogP contribution < -0.4 is 10.5 Å². The highest BCUT2D eigenvalue weighted by Crippen LogP contribution is 2.25. The molecule has 2 aromatic heterocycles. The second-order valence-electron chi connectivity index (χ2n) is 4.37. The molecule has 0 aliphatic rings. The topological polar surface area (TPSA) is 66.0 Å². The summed E-state index contributed by atoms with van der Waals surface area (Å²) in [6.07, 6.45) is 1.05. The Balaban J connectivity index is 2.32. The largest absolute Gasteiger partial charge is 0.481 e. The quantitative estimate of drug-likeness (QED) is 0.824. The lowest BCUT2D eigenvalue weighted by Gasteiger charge is -2.15. The zero-order valence-corrected chi connectivity index (χ0v) is 12.4. The van der Waals surface area contributed by atoms with Crippen molar-refractivity contribution in [2.75, 3.05) is 24.3 Å². The zero-order chi connectivity index (χ0) is 13.8. The van der Waals surface area contributed by atoms with Crippen LogP contribution in [0.3, 0.4) is 0 Å². The van der Waals surface area contributed by atoms with E-state index in [0.717, 1.165) is 29.1 Å². The first-order chi connectivity index (χ1) is 9.17. The Labute approximate surface area is 117 Å². The number of thioether (sulfide) groups is 1. The van der Waals surface area contributed by atoms with Crippen molar-refractivity contribution in [1.82, 2.24) is 14.5 Å². The first kappa shape index (κ1) is 14.0. The van der Waals surface area contributed by atoms with Crippen LogP contribution in [0.25, 0.3) is 11.2 Å². The van der Waals surface area contributed by atoms with Gasteiger partial charge in [0.05, 0.1) is 7.11 Å². The number of nitrogens with zero attached hydrogens (tertiary/aromatic N) is 3. The van der Waals surface area contributed by atoms with Gasteiger partial charge in [-0.2, -0.15) is 16.7 Å². The number of ether oxygens (including phenoxy) is 1. The highest BCUT2D eigenvalue weighted by Gasteiger charge is 2.15. The van der Waals surface area contributed by atoms with Crippen molar-refractivity contribution in [2.45, 2.75) is 26.3 Å². The Morgan fingerprint density at radius 2 is 2.21 bits per heavy atom. The Morgan fingerprint density at radius 3 is 2.89 bits per heavy atom. The second-order valence-corrected chi connectivity index (χ2v) is 5.76. The van der Waals surface area contributed by atoms with Gasteiger partial charge in [-0.1, -0.05) is 6.92 Å². The number of aromatic nitrogens is 3. The van der Waals surface area contributed by atoms with Crippen molar-refractivity contribution in [3.05, 3.63) is 12.1 Å². The summed E-state index contributed by atoms with van der Waals surface area (Å²) in [5.74, 6) is 3.35. The van der Waals surface area contributed by atoms with E-state index in [1.807, 2.05) is 22.4 Å². The summed E-state index contributed by atoms with van der Waals surface area (Å²) in [7, 11) is 1.61. The minimum absolute atomic E-state index is 0.281. The monoisotopic (exact) mass is 280 g/mol. The van der Waals surface area contributed by atoms with Crippen LogP contribution >= 0.6 is 11.8 Å². The number of rotatable bonds is 6. The number of imidazole rings is 1. The third-order valence-corrected chi connectivity index (χ3v) is 4.01. The maximum absolute atomic E-state index is 6.01. The third kappa shape index (κ3) is 2.94. The molecule has 6 heteroatoms. The number of pyridine rings is 1. The van der Waals surface area contributed by atoms with Crippen molar-refractivity contribution in [3.63, 3.8) is 0 Å². The van der Waals surface area contributed by atoms with Gasteiger partial charge < -0.3 is 10.5 Å². The minimum atomic E-state index is 0.281. The maximum Gasteiger partial charge on any atom is 0.215 e. The fraction of sp³-hybridized carbons (Fsp3) is 0.538. The molecule has 1 atom stereocenters.